The molecule has 0 spiro atoms. The van der Waals surface area contributed by atoms with E-state index >= 15 is 0 Å². The first-order valence-electron chi connectivity index (χ1n) is 4.52. The van der Waals surface area contributed by atoms with Gasteiger partial charge in [0.1, 0.15) is 0 Å². The van der Waals surface area contributed by atoms with E-state index in [9.17, 15) is 70.2 Å². The summed E-state index contributed by atoms with van der Waals surface area (Å²) in [7, 11) is 0. The Kier molecular flexibility index (Phi) is 6.79. The van der Waals surface area contributed by atoms with Gasteiger partial charge in [0.2, 0.25) is 0 Å². The molecule has 0 aromatic carbocycles. The molecule has 0 rings (SSSR count). The molecule has 0 nitrogen and oxygen atoms in total. The van der Waals surface area contributed by atoms with Gasteiger partial charge in [-0.15, -0.1) is 0 Å². The zero-order chi connectivity index (χ0) is 19.5. The zero-order valence-electron chi connectivity index (χ0n) is 11.5. The average molecular weight is 412 g/mol. The topological polar surface area (TPSA) is 0 Å². The van der Waals surface area contributed by atoms with Gasteiger partial charge >= 0.3 is 71.5 Å². The molecule has 0 amide bonds. The van der Waals surface area contributed by atoms with Crippen molar-refractivity contribution in [1.82, 2.24) is 0 Å². The van der Waals surface area contributed by atoms with Crippen molar-refractivity contribution in [3.8, 4) is 0 Å². The summed E-state index contributed by atoms with van der Waals surface area (Å²) in [6.45, 7) is 0. The number of hydrogen-bond acceptors (Lipinski definition) is 0. The summed E-state index contributed by atoms with van der Waals surface area (Å²) in [5.74, 6) is -41.2. The molecule has 0 aliphatic heterocycles. The van der Waals surface area contributed by atoms with Gasteiger partial charge in [0, 0.05) is 0 Å². The molecule has 0 unspecified atom stereocenters. The van der Waals surface area contributed by atoms with Gasteiger partial charge < -0.3 is 1.43 Å². The Balaban J connectivity index is -0.00000242. The summed E-state index contributed by atoms with van der Waals surface area (Å²) >= 11 is 0. The van der Waals surface area contributed by atoms with Gasteiger partial charge in [-0.3, -0.25) is 0 Å². The maximum absolute atomic E-state index is 12.6. The van der Waals surface area contributed by atoms with Gasteiger partial charge in [0.15, 0.2) is 0 Å². The van der Waals surface area contributed by atoms with Crippen LogP contribution in [0.25, 0.3) is 0 Å². The van der Waals surface area contributed by atoms with Crippen molar-refractivity contribution >= 4 is 0 Å². The minimum absolute atomic E-state index is 0. The number of halogens is 16. The third-order valence-corrected chi connectivity index (χ3v) is 2.29. The van der Waals surface area contributed by atoms with Crippen LogP contribution in [0.4, 0.5) is 70.2 Å². The molecule has 142 valence electrons. The molecule has 0 aromatic heterocycles. The third-order valence-electron chi connectivity index (χ3n) is 2.29. The molecule has 0 aliphatic carbocycles. The summed E-state index contributed by atoms with van der Waals surface area (Å²) in [6.07, 6.45) is -15.3. The van der Waals surface area contributed by atoms with E-state index < -0.39 is 42.0 Å². The Morgan fingerprint density at radius 1 is 0.292 bits per heavy atom. The van der Waals surface area contributed by atoms with Crippen LogP contribution in [-0.4, -0.2) is 42.0 Å². The minimum atomic E-state index is -8.43. The van der Waals surface area contributed by atoms with Gasteiger partial charge in [-0.2, -0.15) is 70.2 Å². The molecular formula is C7HF16Na. The van der Waals surface area contributed by atoms with Crippen LogP contribution in [0, 0.1) is 0 Å². The molecule has 0 aromatic rings. The van der Waals surface area contributed by atoms with E-state index in [1.54, 1.807) is 0 Å². The molecule has 0 fully saturated rings. The minimum Gasteiger partial charge on any atom is -1.00 e. The second-order valence-corrected chi connectivity index (χ2v) is 3.87. The summed E-state index contributed by atoms with van der Waals surface area (Å²) in [5.41, 5.74) is 0. The van der Waals surface area contributed by atoms with Gasteiger partial charge in [0.05, 0.1) is 0 Å². The van der Waals surface area contributed by atoms with Crippen LogP contribution in [0.3, 0.4) is 0 Å². The second kappa shape index (κ2) is 6.25. The first-order valence-corrected chi connectivity index (χ1v) is 4.52. The summed E-state index contributed by atoms with van der Waals surface area (Å²) in [4.78, 5) is 0. The van der Waals surface area contributed by atoms with Crippen LogP contribution >= 0.6 is 0 Å². The van der Waals surface area contributed by atoms with Crippen molar-refractivity contribution < 1.29 is 101 Å². The van der Waals surface area contributed by atoms with Crippen LogP contribution < -0.4 is 29.6 Å². The van der Waals surface area contributed by atoms with E-state index in [1.807, 2.05) is 0 Å². The molecule has 0 heterocycles. The van der Waals surface area contributed by atoms with Crippen LogP contribution in [0.15, 0.2) is 0 Å². The first kappa shape index (κ1) is 26.1. The molecule has 0 bridgehead atoms. The standard InChI is InChI=1S/C7F16.Na.H/c8-1(9,2(10,11)4(14,15)6(18,19)20)3(12,13)5(16,17)7(21,22)23;;/q;+1;-1. The van der Waals surface area contributed by atoms with Crippen LogP contribution in [0.2, 0.25) is 0 Å². The van der Waals surface area contributed by atoms with Crippen molar-refractivity contribution in [3.63, 3.8) is 0 Å². The van der Waals surface area contributed by atoms with Crippen LogP contribution in [0.5, 0.6) is 0 Å². The Labute approximate surface area is 143 Å². The summed E-state index contributed by atoms with van der Waals surface area (Å²) in [5, 5.41) is 0. The van der Waals surface area contributed by atoms with Crippen molar-refractivity contribution in [2.45, 2.75) is 42.0 Å². The maximum atomic E-state index is 12.6. The van der Waals surface area contributed by atoms with E-state index in [4.69, 9.17) is 0 Å². The predicted octanol–water partition coefficient (Wildman–Crippen LogP) is 2.40. The fraction of sp³-hybridized carbons (Fsp3) is 1.00. The number of rotatable bonds is 4. The summed E-state index contributed by atoms with van der Waals surface area (Å²) in [6, 6.07) is 0. The largest absolute Gasteiger partial charge is 1.00 e. The summed E-state index contributed by atoms with van der Waals surface area (Å²) < 4.78 is 193. The van der Waals surface area contributed by atoms with Crippen LogP contribution in [0.1, 0.15) is 1.43 Å². The Morgan fingerprint density at radius 3 is 0.542 bits per heavy atom. The molecule has 24 heavy (non-hydrogen) atoms. The predicted molar refractivity (Wildman–Crippen MR) is 38.0 cm³/mol. The molecule has 0 atom stereocenters. The molecular weight excluding hydrogens is 411 g/mol. The Morgan fingerprint density at radius 2 is 0.417 bits per heavy atom. The molecule has 0 N–H and O–H groups in total. The Bertz CT molecular complexity index is 406. The van der Waals surface area contributed by atoms with E-state index in [-0.39, 0.29) is 31.0 Å². The van der Waals surface area contributed by atoms with Crippen molar-refractivity contribution in [1.29, 1.82) is 0 Å². The SMILES string of the molecule is FC(F)(F)C(F)(F)C(F)(F)C(F)(F)C(F)(F)C(F)(F)C(F)(F)F.[H-].[Na+]. The fourth-order valence-corrected chi connectivity index (χ4v) is 0.948. The van der Waals surface area contributed by atoms with E-state index in [0.29, 0.717) is 0 Å². The monoisotopic (exact) mass is 412 g/mol. The molecule has 0 radical (unpaired) electrons. The number of alkyl halides is 16. The maximum Gasteiger partial charge on any atom is 1.00 e. The first-order chi connectivity index (χ1) is 9.50. The van der Waals surface area contributed by atoms with E-state index in [1.165, 1.54) is 0 Å². The molecule has 17 heteroatoms. The van der Waals surface area contributed by atoms with Crippen LogP contribution in [-0.2, 0) is 0 Å². The van der Waals surface area contributed by atoms with Crippen molar-refractivity contribution in [2.24, 2.45) is 0 Å². The van der Waals surface area contributed by atoms with Gasteiger partial charge in [-0.05, 0) is 0 Å². The normalized spacial score (nSPS) is 16.0. The van der Waals surface area contributed by atoms with E-state index in [2.05, 4.69) is 0 Å². The zero-order valence-corrected chi connectivity index (χ0v) is 12.5. The van der Waals surface area contributed by atoms with E-state index in [0.717, 1.165) is 0 Å². The quantitative estimate of drug-likeness (QED) is 0.492. The van der Waals surface area contributed by atoms with Gasteiger partial charge in [-0.25, -0.2) is 0 Å². The molecule has 0 saturated heterocycles. The molecule has 0 saturated carbocycles. The fourth-order valence-electron chi connectivity index (χ4n) is 0.948. The van der Waals surface area contributed by atoms with Gasteiger partial charge in [0.25, 0.3) is 0 Å². The van der Waals surface area contributed by atoms with Gasteiger partial charge in [-0.1, -0.05) is 0 Å². The second-order valence-electron chi connectivity index (χ2n) is 3.87. The average Bonchev–Trinajstić information content (AvgIpc) is 2.24. The smallest absolute Gasteiger partial charge is 1.00 e. The number of hydrogen-bond donors (Lipinski definition) is 0. The third kappa shape index (κ3) is 3.29. The Hall–Kier alpha value is -0.120. The molecule has 0 aliphatic rings. The van der Waals surface area contributed by atoms with Crippen molar-refractivity contribution in [3.05, 3.63) is 0 Å². The van der Waals surface area contributed by atoms with Crippen molar-refractivity contribution in [2.75, 3.05) is 0 Å².